The molecule has 108 valence electrons. The zero-order chi connectivity index (χ0) is 14.8. The van der Waals surface area contributed by atoms with E-state index in [1.807, 2.05) is 29.2 Å². The molecule has 3 nitrogen and oxygen atoms in total. The fourth-order valence-corrected chi connectivity index (χ4v) is 2.94. The summed E-state index contributed by atoms with van der Waals surface area (Å²) in [6.45, 7) is 2.77. The average Bonchev–Trinajstić information content (AvgIpc) is 2.87. The second-order valence-electron chi connectivity index (χ2n) is 5.48. The molecule has 0 bridgehead atoms. The van der Waals surface area contributed by atoms with Crippen LogP contribution in [0.1, 0.15) is 23.6 Å². The molecule has 0 fully saturated rings. The van der Waals surface area contributed by atoms with Crippen LogP contribution in [0.2, 0.25) is 0 Å². The van der Waals surface area contributed by atoms with Crippen LogP contribution in [-0.4, -0.2) is 17.1 Å². The molecule has 3 rings (SSSR count). The van der Waals surface area contributed by atoms with Crippen molar-refractivity contribution in [1.29, 1.82) is 0 Å². The molecule has 0 aromatic heterocycles. The summed E-state index contributed by atoms with van der Waals surface area (Å²) >= 11 is 0. The lowest BCUT2D eigenvalue weighted by atomic mass is 10.1. The van der Waals surface area contributed by atoms with Gasteiger partial charge in [-0.2, -0.15) is 0 Å². The lowest BCUT2D eigenvalue weighted by molar-refractivity contribution is -0.138. The van der Waals surface area contributed by atoms with Crippen molar-refractivity contribution in [2.45, 2.75) is 32.4 Å². The van der Waals surface area contributed by atoms with Gasteiger partial charge in [0, 0.05) is 18.7 Å². The van der Waals surface area contributed by atoms with Crippen molar-refractivity contribution in [2.24, 2.45) is 0 Å². The summed E-state index contributed by atoms with van der Waals surface area (Å²) < 4.78 is 0. The van der Waals surface area contributed by atoms with Crippen molar-refractivity contribution in [1.82, 2.24) is 0 Å². The number of hydrogen-bond donors (Lipinski definition) is 1. The van der Waals surface area contributed by atoms with Gasteiger partial charge >= 0.3 is 5.97 Å². The topological polar surface area (TPSA) is 40.5 Å². The van der Waals surface area contributed by atoms with Crippen LogP contribution in [-0.2, 0) is 24.2 Å². The largest absolute Gasteiger partial charge is 0.480 e. The SMILES string of the molecule is CCc1ccc(CN2c3ccccc3CC2C(=O)O)cc1. The van der Waals surface area contributed by atoms with Gasteiger partial charge in [0.15, 0.2) is 0 Å². The van der Waals surface area contributed by atoms with Gasteiger partial charge < -0.3 is 10.0 Å². The second-order valence-corrected chi connectivity index (χ2v) is 5.48. The van der Waals surface area contributed by atoms with E-state index in [2.05, 4.69) is 31.2 Å². The first-order chi connectivity index (χ1) is 10.2. The third-order valence-electron chi connectivity index (χ3n) is 4.16. The van der Waals surface area contributed by atoms with Crippen molar-refractivity contribution < 1.29 is 9.90 Å². The lowest BCUT2D eigenvalue weighted by Crippen LogP contribution is -2.38. The van der Waals surface area contributed by atoms with Crippen molar-refractivity contribution in [2.75, 3.05) is 4.90 Å². The number of hydrogen-bond acceptors (Lipinski definition) is 2. The molecule has 0 spiro atoms. The number of nitrogens with zero attached hydrogens (tertiary/aromatic N) is 1. The highest BCUT2D eigenvalue weighted by molar-refractivity contribution is 5.82. The highest BCUT2D eigenvalue weighted by Gasteiger charge is 2.33. The fourth-order valence-electron chi connectivity index (χ4n) is 2.94. The van der Waals surface area contributed by atoms with E-state index < -0.39 is 12.0 Å². The van der Waals surface area contributed by atoms with E-state index >= 15 is 0 Å². The molecule has 0 amide bonds. The molecule has 2 aromatic carbocycles. The number of benzene rings is 2. The first kappa shape index (κ1) is 13.7. The van der Waals surface area contributed by atoms with Crippen molar-refractivity contribution >= 4 is 11.7 Å². The first-order valence-corrected chi connectivity index (χ1v) is 7.34. The van der Waals surface area contributed by atoms with E-state index in [-0.39, 0.29) is 0 Å². The van der Waals surface area contributed by atoms with E-state index in [1.165, 1.54) is 5.56 Å². The Labute approximate surface area is 124 Å². The van der Waals surface area contributed by atoms with Crippen LogP contribution in [0.3, 0.4) is 0 Å². The van der Waals surface area contributed by atoms with Crippen LogP contribution >= 0.6 is 0 Å². The quantitative estimate of drug-likeness (QED) is 0.935. The van der Waals surface area contributed by atoms with E-state index in [1.54, 1.807) is 0 Å². The smallest absolute Gasteiger partial charge is 0.326 e. The lowest BCUT2D eigenvalue weighted by Gasteiger charge is -2.25. The molecule has 1 heterocycles. The Hall–Kier alpha value is -2.29. The van der Waals surface area contributed by atoms with Crippen LogP contribution in [0.5, 0.6) is 0 Å². The second kappa shape index (κ2) is 5.60. The molecular weight excluding hydrogens is 262 g/mol. The molecule has 0 saturated heterocycles. The fraction of sp³-hybridized carbons (Fsp3) is 0.278. The number of carboxylic acid groups (broad SMARTS) is 1. The van der Waals surface area contributed by atoms with Gasteiger partial charge in [0.2, 0.25) is 0 Å². The summed E-state index contributed by atoms with van der Waals surface area (Å²) in [6, 6.07) is 15.9. The van der Waals surface area contributed by atoms with E-state index in [0.717, 1.165) is 23.2 Å². The number of para-hydroxylation sites is 1. The first-order valence-electron chi connectivity index (χ1n) is 7.34. The predicted molar refractivity (Wildman–Crippen MR) is 83.6 cm³/mol. The minimum Gasteiger partial charge on any atom is -0.480 e. The van der Waals surface area contributed by atoms with Gasteiger partial charge in [-0.15, -0.1) is 0 Å². The number of fused-ring (bicyclic) bond motifs is 1. The number of carboxylic acids is 1. The Balaban J connectivity index is 1.88. The van der Waals surface area contributed by atoms with Crippen molar-refractivity contribution in [3.05, 3.63) is 65.2 Å². The molecule has 0 aliphatic carbocycles. The summed E-state index contributed by atoms with van der Waals surface area (Å²) in [6.07, 6.45) is 1.60. The summed E-state index contributed by atoms with van der Waals surface area (Å²) in [5.74, 6) is -0.753. The Morgan fingerprint density at radius 3 is 2.48 bits per heavy atom. The minimum atomic E-state index is -0.753. The van der Waals surface area contributed by atoms with E-state index in [4.69, 9.17) is 0 Å². The number of aliphatic carboxylic acids is 1. The third-order valence-corrected chi connectivity index (χ3v) is 4.16. The number of rotatable bonds is 4. The normalized spacial score (nSPS) is 16.8. The minimum absolute atomic E-state index is 0.465. The van der Waals surface area contributed by atoms with Crippen LogP contribution in [0.15, 0.2) is 48.5 Å². The zero-order valence-electron chi connectivity index (χ0n) is 12.1. The molecule has 1 unspecified atom stereocenters. The molecule has 1 aliphatic heterocycles. The van der Waals surface area contributed by atoms with Gasteiger partial charge in [-0.1, -0.05) is 49.4 Å². The molecular formula is C18H19NO2. The maximum absolute atomic E-state index is 11.5. The Morgan fingerprint density at radius 2 is 1.81 bits per heavy atom. The summed E-state index contributed by atoms with van der Waals surface area (Å²) in [5, 5.41) is 9.47. The molecule has 1 aliphatic rings. The Kier molecular flexibility index (Phi) is 3.65. The molecule has 2 aromatic rings. The van der Waals surface area contributed by atoms with Gasteiger partial charge in [0.25, 0.3) is 0 Å². The average molecular weight is 281 g/mol. The monoisotopic (exact) mass is 281 g/mol. The molecule has 0 radical (unpaired) electrons. The van der Waals surface area contributed by atoms with Crippen LogP contribution in [0.4, 0.5) is 5.69 Å². The highest BCUT2D eigenvalue weighted by atomic mass is 16.4. The summed E-state index contributed by atoms with van der Waals surface area (Å²) in [4.78, 5) is 13.5. The summed E-state index contributed by atoms with van der Waals surface area (Å²) in [5.41, 5.74) is 4.62. The molecule has 1 atom stereocenters. The van der Waals surface area contributed by atoms with Gasteiger partial charge in [-0.3, -0.25) is 0 Å². The van der Waals surface area contributed by atoms with Gasteiger partial charge in [0.05, 0.1) is 0 Å². The van der Waals surface area contributed by atoms with Gasteiger partial charge in [-0.25, -0.2) is 4.79 Å². The van der Waals surface area contributed by atoms with E-state index in [0.29, 0.717) is 13.0 Å². The van der Waals surface area contributed by atoms with Crippen LogP contribution in [0.25, 0.3) is 0 Å². The Bertz CT molecular complexity index is 649. The summed E-state index contributed by atoms with van der Waals surface area (Å²) in [7, 11) is 0. The van der Waals surface area contributed by atoms with Crippen LogP contribution in [0, 0.1) is 0 Å². The molecule has 1 N–H and O–H groups in total. The number of anilines is 1. The zero-order valence-corrected chi connectivity index (χ0v) is 12.1. The molecule has 3 heteroatoms. The van der Waals surface area contributed by atoms with Crippen molar-refractivity contribution in [3.8, 4) is 0 Å². The van der Waals surface area contributed by atoms with Gasteiger partial charge in [0.1, 0.15) is 6.04 Å². The highest BCUT2D eigenvalue weighted by Crippen LogP contribution is 2.33. The van der Waals surface area contributed by atoms with Crippen molar-refractivity contribution in [3.63, 3.8) is 0 Å². The standard InChI is InChI=1S/C18H19NO2/c1-2-13-7-9-14(10-8-13)12-19-16-6-4-3-5-15(16)11-17(19)18(20)21/h3-10,17H,2,11-12H2,1H3,(H,20,21). The predicted octanol–water partition coefficient (Wildman–Crippen LogP) is 3.26. The molecule has 21 heavy (non-hydrogen) atoms. The van der Waals surface area contributed by atoms with Gasteiger partial charge in [-0.05, 0) is 29.2 Å². The van der Waals surface area contributed by atoms with E-state index in [9.17, 15) is 9.90 Å². The maximum atomic E-state index is 11.5. The number of carbonyl (C=O) groups is 1. The number of aryl methyl sites for hydroxylation is 1. The van der Waals surface area contributed by atoms with Crippen LogP contribution < -0.4 is 4.90 Å². The third kappa shape index (κ3) is 2.64. The maximum Gasteiger partial charge on any atom is 0.326 e. The Morgan fingerprint density at radius 1 is 1.14 bits per heavy atom. The molecule has 0 saturated carbocycles.